The van der Waals surface area contributed by atoms with Gasteiger partial charge in [0.25, 0.3) is 0 Å². The Hall–Kier alpha value is -2.98. The number of aryl methyl sites for hydroxylation is 1. The molecule has 0 fully saturated rings. The van der Waals surface area contributed by atoms with E-state index in [1.54, 1.807) is 17.1 Å². The van der Waals surface area contributed by atoms with E-state index in [4.69, 9.17) is 17.0 Å². The van der Waals surface area contributed by atoms with Gasteiger partial charge in [0, 0.05) is 29.9 Å². The maximum Gasteiger partial charge on any atom is 0.183 e. The average Bonchev–Trinajstić information content (AvgIpc) is 3.18. The second-order valence-corrected chi connectivity index (χ2v) is 6.20. The number of nitrogens with one attached hydrogen (secondary N) is 3. The Kier molecular flexibility index (Phi) is 4.40. The van der Waals surface area contributed by atoms with Gasteiger partial charge in [-0.2, -0.15) is 5.10 Å². The topological polar surface area (TPSA) is 144 Å². The van der Waals surface area contributed by atoms with Crippen molar-refractivity contribution in [2.24, 2.45) is 12.9 Å². The Morgan fingerprint density at radius 3 is 2.83 bits per heavy atom. The zero-order valence-electron chi connectivity index (χ0n) is 12.9. The predicted molar refractivity (Wildman–Crippen MR) is 96.0 cm³/mol. The molecule has 3 aromatic heterocycles. The molecule has 10 heteroatoms. The molecule has 124 valence electrons. The minimum Gasteiger partial charge on any atom is -0.398 e. The first-order chi connectivity index (χ1) is 11.6. The third-order valence-electron chi connectivity index (χ3n) is 3.31. The predicted octanol–water partition coefficient (Wildman–Crippen LogP) is 1.42. The molecule has 0 aliphatic heterocycles. The Labute approximate surface area is 142 Å². The molecular weight excluding hydrogens is 326 g/mol. The molecule has 9 nitrogen and oxygen atoms in total. The summed E-state index contributed by atoms with van der Waals surface area (Å²) < 4.78 is 1.70. The highest BCUT2D eigenvalue weighted by molar-refractivity contribution is 7.14. The lowest BCUT2D eigenvalue weighted by molar-refractivity contribution is 0.768. The van der Waals surface area contributed by atoms with E-state index in [0.717, 1.165) is 15.3 Å². The molecule has 0 spiro atoms. The van der Waals surface area contributed by atoms with Gasteiger partial charge >= 0.3 is 0 Å². The van der Waals surface area contributed by atoms with E-state index in [1.807, 2.05) is 19.3 Å². The van der Waals surface area contributed by atoms with Crippen LogP contribution < -0.4 is 22.3 Å². The van der Waals surface area contributed by atoms with Crippen molar-refractivity contribution in [3.8, 4) is 11.3 Å². The lowest BCUT2D eigenvalue weighted by Gasteiger charge is -2.10. The van der Waals surface area contributed by atoms with Gasteiger partial charge in [-0.25, -0.2) is 15.8 Å². The monoisotopic (exact) mass is 343 g/mol. The number of hydrogen-bond acceptors (Lipinski definition) is 9. The fraction of sp³-hybridized carbons (Fsp3) is 0.143. The summed E-state index contributed by atoms with van der Waals surface area (Å²) in [6.07, 6.45) is 6.46. The SMILES string of the molecule is Cn1cc(-c2cnc(NN)c(NCc3cc(N)c(C=N)s3)n2)cn1. The lowest BCUT2D eigenvalue weighted by atomic mass is 10.3. The maximum absolute atomic E-state index is 7.31. The van der Waals surface area contributed by atoms with Crippen molar-refractivity contribution in [1.82, 2.24) is 19.7 Å². The van der Waals surface area contributed by atoms with Crippen LogP contribution in [0.2, 0.25) is 0 Å². The molecule has 3 rings (SSSR count). The Morgan fingerprint density at radius 1 is 1.38 bits per heavy atom. The van der Waals surface area contributed by atoms with E-state index >= 15 is 0 Å². The van der Waals surface area contributed by atoms with Crippen molar-refractivity contribution < 1.29 is 0 Å². The molecule has 0 saturated carbocycles. The Bertz CT molecular complexity index is 867. The van der Waals surface area contributed by atoms with E-state index in [2.05, 4.69) is 25.8 Å². The van der Waals surface area contributed by atoms with Crippen LogP contribution in [0.15, 0.2) is 24.7 Å². The fourth-order valence-corrected chi connectivity index (χ4v) is 3.00. The molecule has 0 amide bonds. The van der Waals surface area contributed by atoms with Crippen LogP contribution in [0.5, 0.6) is 0 Å². The van der Waals surface area contributed by atoms with Crippen LogP contribution in [0.4, 0.5) is 17.3 Å². The summed E-state index contributed by atoms with van der Waals surface area (Å²) in [6, 6.07) is 1.84. The van der Waals surface area contributed by atoms with Gasteiger partial charge in [0.05, 0.1) is 35.2 Å². The molecule has 0 bridgehead atoms. The molecule has 7 N–H and O–H groups in total. The highest BCUT2D eigenvalue weighted by atomic mass is 32.1. The zero-order valence-corrected chi connectivity index (χ0v) is 13.8. The smallest absolute Gasteiger partial charge is 0.183 e. The molecule has 0 aliphatic carbocycles. The number of nitrogen functional groups attached to an aromatic ring is 2. The Morgan fingerprint density at radius 2 is 2.21 bits per heavy atom. The van der Waals surface area contributed by atoms with Crippen molar-refractivity contribution in [3.05, 3.63) is 34.4 Å². The molecule has 3 heterocycles. The van der Waals surface area contributed by atoms with Crippen molar-refractivity contribution in [2.45, 2.75) is 6.54 Å². The molecule has 0 aliphatic rings. The first kappa shape index (κ1) is 15.9. The van der Waals surface area contributed by atoms with Crippen LogP contribution in [-0.2, 0) is 13.6 Å². The summed E-state index contributed by atoms with van der Waals surface area (Å²) in [4.78, 5) is 10.6. The van der Waals surface area contributed by atoms with Crippen LogP contribution >= 0.6 is 11.3 Å². The highest BCUT2D eigenvalue weighted by Crippen LogP contribution is 2.26. The number of anilines is 3. The third kappa shape index (κ3) is 3.19. The lowest BCUT2D eigenvalue weighted by Crippen LogP contribution is -2.13. The normalized spacial score (nSPS) is 10.6. The van der Waals surface area contributed by atoms with Crippen molar-refractivity contribution in [3.63, 3.8) is 0 Å². The molecular formula is C14H17N9S. The first-order valence-electron chi connectivity index (χ1n) is 7.06. The van der Waals surface area contributed by atoms with Crippen LogP contribution in [0.1, 0.15) is 9.75 Å². The van der Waals surface area contributed by atoms with Gasteiger partial charge < -0.3 is 21.9 Å². The van der Waals surface area contributed by atoms with E-state index in [1.165, 1.54) is 17.6 Å². The van der Waals surface area contributed by atoms with E-state index < -0.39 is 0 Å². The zero-order chi connectivity index (χ0) is 17.1. The summed E-state index contributed by atoms with van der Waals surface area (Å²) in [5, 5.41) is 14.6. The van der Waals surface area contributed by atoms with Gasteiger partial charge in [0.1, 0.15) is 0 Å². The van der Waals surface area contributed by atoms with Crippen molar-refractivity contribution >= 4 is 34.9 Å². The number of rotatable bonds is 6. The van der Waals surface area contributed by atoms with Gasteiger partial charge in [-0.3, -0.25) is 4.68 Å². The van der Waals surface area contributed by atoms with Gasteiger partial charge in [-0.05, 0) is 6.07 Å². The summed E-state index contributed by atoms with van der Waals surface area (Å²) >= 11 is 1.45. The van der Waals surface area contributed by atoms with Gasteiger partial charge in [-0.15, -0.1) is 11.3 Å². The third-order valence-corrected chi connectivity index (χ3v) is 4.41. The summed E-state index contributed by atoms with van der Waals surface area (Å²) in [7, 11) is 1.84. The van der Waals surface area contributed by atoms with E-state index in [0.29, 0.717) is 29.6 Å². The summed E-state index contributed by atoms with van der Waals surface area (Å²) in [6.45, 7) is 0.503. The number of aromatic nitrogens is 4. The van der Waals surface area contributed by atoms with Gasteiger partial charge in [0.15, 0.2) is 11.6 Å². The number of nitrogens with zero attached hydrogens (tertiary/aromatic N) is 4. The highest BCUT2D eigenvalue weighted by Gasteiger charge is 2.11. The first-order valence-corrected chi connectivity index (χ1v) is 7.87. The molecule has 0 radical (unpaired) electrons. The molecule has 3 aromatic rings. The molecule has 0 aromatic carbocycles. The van der Waals surface area contributed by atoms with Crippen LogP contribution in [-0.4, -0.2) is 26.0 Å². The average molecular weight is 343 g/mol. The largest absolute Gasteiger partial charge is 0.398 e. The Balaban J connectivity index is 1.83. The van der Waals surface area contributed by atoms with Crippen LogP contribution in [0, 0.1) is 5.41 Å². The van der Waals surface area contributed by atoms with E-state index in [-0.39, 0.29) is 0 Å². The molecule has 24 heavy (non-hydrogen) atoms. The number of thiophene rings is 1. The van der Waals surface area contributed by atoms with Crippen LogP contribution in [0.3, 0.4) is 0 Å². The molecule has 0 unspecified atom stereocenters. The fourth-order valence-electron chi connectivity index (χ4n) is 2.16. The second-order valence-electron chi connectivity index (χ2n) is 5.03. The van der Waals surface area contributed by atoms with Gasteiger partial charge in [0.2, 0.25) is 0 Å². The minimum atomic E-state index is 0.444. The number of nitrogens with two attached hydrogens (primary N) is 2. The second kappa shape index (κ2) is 6.64. The summed E-state index contributed by atoms with van der Waals surface area (Å²) in [5.74, 6) is 6.48. The molecule has 0 atom stereocenters. The van der Waals surface area contributed by atoms with Crippen molar-refractivity contribution in [2.75, 3.05) is 16.5 Å². The molecule has 0 saturated heterocycles. The minimum absolute atomic E-state index is 0.444. The quantitative estimate of drug-likeness (QED) is 0.258. The van der Waals surface area contributed by atoms with E-state index in [9.17, 15) is 0 Å². The van der Waals surface area contributed by atoms with Gasteiger partial charge in [-0.1, -0.05) is 0 Å². The number of hydrazine groups is 1. The van der Waals surface area contributed by atoms with Crippen LogP contribution in [0.25, 0.3) is 11.3 Å². The number of hydrogen-bond donors (Lipinski definition) is 5. The standard InChI is InChI=1S/C14H17N9S/c1-23-7-8(4-20-23)11-6-19-14(22-17)13(21-11)18-5-9-2-10(16)12(3-15)24-9/h2-4,6-7,15H,5,16-17H2,1H3,(H,18,21)(H,19,22). The maximum atomic E-state index is 7.31. The van der Waals surface area contributed by atoms with Crippen molar-refractivity contribution in [1.29, 1.82) is 5.41 Å². The summed E-state index contributed by atoms with van der Waals surface area (Å²) in [5.41, 5.74) is 10.5.